The molecule has 1 atom stereocenters. The van der Waals surface area contributed by atoms with Crippen LogP contribution < -0.4 is 0 Å². The quantitative estimate of drug-likeness (QED) is 0.0261. The maximum absolute atomic E-state index is 12.9. The lowest BCUT2D eigenvalue weighted by Crippen LogP contribution is -2.30. The normalized spacial score (nSPS) is 12.3. The molecule has 0 aromatic rings. The minimum atomic E-state index is -0.771. The number of ether oxygens (including phenoxy) is 3. The highest BCUT2D eigenvalue weighted by Gasteiger charge is 2.19. The van der Waals surface area contributed by atoms with Gasteiger partial charge in [-0.3, -0.25) is 14.4 Å². The molecule has 0 aliphatic carbocycles. The Labute approximate surface area is 486 Å². The first-order chi connectivity index (χ1) is 38.5. The zero-order valence-corrected chi connectivity index (χ0v) is 52.5. The topological polar surface area (TPSA) is 78.9 Å². The smallest absolute Gasteiger partial charge is 0.306 e. The summed E-state index contributed by atoms with van der Waals surface area (Å²) in [5.41, 5.74) is 0. The molecule has 6 heteroatoms. The lowest BCUT2D eigenvalue weighted by Gasteiger charge is -2.18. The van der Waals surface area contributed by atoms with Crippen LogP contribution in [0.15, 0.2) is 48.6 Å². The zero-order valence-electron chi connectivity index (χ0n) is 52.5. The second-order valence-electron chi connectivity index (χ2n) is 23.4. The molecule has 456 valence electrons. The van der Waals surface area contributed by atoms with Gasteiger partial charge in [0.25, 0.3) is 0 Å². The van der Waals surface area contributed by atoms with E-state index < -0.39 is 6.10 Å². The van der Waals surface area contributed by atoms with Crippen molar-refractivity contribution in [3.05, 3.63) is 48.6 Å². The number of rotatable bonds is 64. The van der Waals surface area contributed by atoms with Gasteiger partial charge in [-0.1, -0.05) is 320 Å². The summed E-state index contributed by atoms with van der Waals surface area (Å²) in [7, 11) is 0. The summed E-state index contributed by atoms with van der Waals surface area (Å²) in [5.74, 6) is -0.853. The number of allylic oxidation sites excluding steroid dienone is 8. The number of carbonyl (C=O) groups excluding carboxylic acids is 3. The molecule has 78 heavy (non-hydrogen) atoms. The fourth-order valence-electron chi connectivity index (χ4n) is 10.3. The van der Waals surface area contributed by atoms with Crippen molar-refractivity contribution in [2.45, 2.75) is 380 Å². The molecule has 0 N–H and O–H groups in total. The standard InChI is InChI=1S/C72H132O6/c1-4-7-10-13-16-19-22-24-26-28-29-30-31-32-33-34-35-36-37-38-39-40-41-42-43-45-46-48-50-53-56-59-62-65-71(74)77-68-69(67-76-70(73)64-61-58-55-52-21-18-15-12-9-6-3)78-72(75)66-63-60-57-54-51-49-47-44-27-25-23-20-17-14-11-8-5-2/h22,24-25,27-29,31-32,69H,4-21,23,26,30,33-68H2,1-3H3/b24-22-,27-25-,29-28-,32-31-. The first-order valence-corrected chi connectivity index (χ1v) is 34.6. The molecule has 0 aliphatic rings. The molecule has 0 rings (SSSR count). The van der Waals surface area contributed by atoms with Crippen molar-refractivity contribution in [3.8, 4) is 0 Å². The maximum atomic E-state index is 12.9. The predicted octanol–water partition coefficient (Wildman–Crippen LogP) is 23.7. The average Bonchev–Trinajstić information content (AvgIpc) is 3.44. The summed E-state index contributed by atoms with van der Waals surface area (Å²) in [6, 6.07) is 0. The molecule has 1 unspecified atom stereocenters. The Balaban J connectivity index is 4.07. The second-order valence-corrected chi connectivity index (χ2v) is 23.4. The largest absolute Gasteiger partial charge is 0.462 e. The second kappa shape index (κ2) is 66.9. The van der Waals surface area contributed by atoms with E-state index >= 15 is 0 Å². The van der Waals surface area contributed by atoms with Crippen molar-refractivity contribution in [1.82, 2.24) is 0 Å². The summed E-state index contributed by atoms with van der Waals surface area (Å²) in [4.78, 5) is 38.2. The highest BCUT2D eigenvalue weighted by molar-refractivity contribution is 5.71. The molecule has 0 aromatic heterocycles. The highest BCUT2D eigenvalue weighted by Crippen LogP contribution is 2.18. The van der Waals surface area contributed by atoms with Gasteiger partial charge in [-0.05, 0) is 83.5 Å². The van der Waals surface area contributed by atoms with E-state index in [9.17, 15) is 14.4 Å². The van der Waals surface area contributed by atoms with Gasteiger partial charge in [0.05, 0.1) is 0 Å². The summed E-state index contributed by atoms with van der Waals surface area (Å²) >= 11 is 0. The average molecular weight is 1090 g/mol. The maximum Gasteiger partial charge on any atom is 0.306 e. The van der Waals surface area contributed by atoms with E-state index in [1.807, 2.05) is 0 Å². The van der Waals surface area contributed by atoms with Crippen LogP contribution in [0.1, 0.15) is 374 Å². The minimum Gasteiger partial charge on any atom is -0.462 e. The van der Waals surface area contributed by atoms with Crippen LogP contribution in [0.5, 0.6) is 0 Å². The van der Waals surface area contributed by atoms with Crippen molar-refractivity contribution in [2.75, 3.05) is 13.2 Å². The molecule has 0 fully saturated rings. The van der Waals surface area contributed by atoms with Crippen LogP contribution in [0.2, 0.25) is 0 Å². The Kier molecular flexibility index (Phi) is 64.6. The van der Waals surface area contributed by atoms with Crippen LogP contribution in [0, 0.1) is 0 Å². The van der Waals surface area contributed by atoms with Crippen molar-refractivity contribution < 1.29 is 28.6 Å². The Morgan fingerprint density at radius 3 is 0.731 bits per heavy atom. The number of esters is 3. The Morgan fingerprint density at radius 2 is 0.462 bits per heavy atom. The number of carbonyl (C=O) groups is 3. The summed E-state index contributed by atoms with van der Waals surface area (Å²) < 4.78 is 16.9. The van der Waals surface area contributed by atoms with Crippen LogP contribution >= 0.6 is 0 Å². The van der Waals surface area contributed by atoms with Gasteiger partial charge in [-0.25, -0.2) is 0 Å². The molecule has 0 saturated heterocycles. The molecule has 0 aliphatic heterocycles. The molecule has 0 spiro atoms. The van der Waals surface area contributed by atoms with Gasteiger partial charge in [0, 0.05) is 19.3 Å². The van der Waals surface area contributed by atoms with Gasteiger partial charge < -0.3 is 14.2 Å². The predicted molar refractivity (Wildman–Crippen MR) is 339 cm³/mol. The lowest BCUT2D eigenvalue weighted by atomic mass is 10.0. The fourth-order valence-corrected chi connectivity index (χ4v) is 10.3. The zero-order chi connectivity index (χ0) is 56.4. The summed E-state index contributed by atoms with van der Waals surface area (Å²) in [6.45, 7) is 6.66. The van der Waals surface area contributed by atoms with Crippen LogP contribution in [0.3, 0.4) is 0 Å². The number of hydrogen-bond acceptors (Lipinski definition) is 6. The third-order valence-corrected chi connectivity index (χ3v) is 15.6. The van der Waals surface area contributed by atoms with E-state index in [0.29, 0.717) is 19.3 Å². The molecular formula is C72H132O6. The lowest BCUT2D eigenvalue weighted by molar-refractivity contribution is -0.167. The van der Waals surface area contributed by atoms with Gasteiger partial charge >= 0.3 is 17.9 Å². The summed E-state index contributed by atoms with van der Waals surface area (Å²) in [6.07, 6.45) is 84.4. The number of unbranched alkanes of at least 4 members (excludes halogenated alkanes) is 45. The van der Waals surface area contributed by atoms with Crippen molar-refractivity contribution in [3.63, 3.8) is 0 Å². The van der Waals surface area contributed by atoms with E-state index in [2.05, 4.69) is 69.4 Å². The minimum absolute atomic E-state index is 0.0695. The molecule has 0 aromatic carbocycles. The Bertz CT molecular complexity index is 1350. The molecule has 0 bridgehead atoms. The van der Waals surface area contributed by atoms with Crippen LogP contribution in [0.4, 0.5) is 0 Å². The Hall–Kier alpha value is -2.63. The van der Waals surface area contributed by atoms with E-state index in [4.69, 9.17) is 14.2 Å². The van der Waals surface area contributed by atoms with Gasteiger partial charge in [0.15, 0.2) is 6.10 Å². The van der Waals surface area contributed by atoms with Crippen molar-refractivity contribution >= 4 is 17.9 Å². The summed E-state index contributed by atoms with van der Waals surface area (Å²) in [5, 5.41) is 0. The molecule has 0 heterocycles. The monoisotopic (exact) mass is 1090 g/mol. The van der Waals surface area contributed by atoms with Gasteiger partial charge in [0.2, 0.25) is 0 Å². The van der Waals surface area contributed by atoms with E-state index in [1.165, 1.54) is 263 Å². The SMILES string of the molecule is CCCCCCC/C=C\C/C=C\C/C=C\CCCCCCCCCCCCCCCCCCCCC(=O)OCC(COC(=O)CCCCCCCCCCCC)OC(=O)CCCCCCCCC/C=C\CCCCCCCC. The molecule has 0 amide bonds. The molecule has 6 nitrogen and oxygen atoms in total. The van der Waals surface area contributed by atoms with Crippen molar-refractivity contribution in [1.29, 1.82) is 0 Å². The highest BCUT2D eigenvalue weighted by atomic mass is 16.6. The van der Waals surface area contributed by atoms with E-state index in [0.717, 1.165) is 70.6 Å². The van der Waals surface area contributed by atoms with Crippen LogP contribution in [0.25, 0.3) is 0 Å². The first-order valence-electron chi connectivity index (χ1n) is 34.6. The van der Waals surface area contributed by atoms with E-state index in [1.54, 1.807) is 0 Å². The molecule has 0 radical (unpaired) electrons. The van der Waals surface area contributed by atoms with Crippen molar-refractivity contribution in [2.24, 2.45) is 0 Å². The fraction of sp³-hybridized carbons (Fsp3) is 0.847. The van der Waals surface area contributed by atoms with Gasteiger partial charge in [0.1, 0.15) is 13.2 Å². The molecular weight excluding hydrogens is 961 g/mol. The number of hydrogen-bond donors (Lipinski definition) is 0. The van der Waals surface area contributed by atoms with E-state index in [-0.39, 0.29) is 31.1 Å². The molecule has 0 saturated carbocycles. The third-order valence-electron chi connectivity index (χ3n) is 15.6. The Morgan fingerprint density at radius 1 is 0.256 bits per heavy atom. The van der Waals surface area contributed by atoms with Crippen LogP contribution in [-0.2, 0) is 28.6 Å². The van der Waals surface area contributed by atoms with Gasteiger partial charge in [-0.15, -0.1) is 0 Å². The van der Waals surface area contributed by atoms with Crippen LogP contribution in [-0.4, -0.2) is 37.2 Å². The third kappa shape index (κ3) is 64.2. The van der Waals surface area contributed by atoms with Gasteiger partial charge in [-0.2, -0.15) is 0 Å². The first kappa shape index (κ1) is 75.4.